The van der Waals surface area contributed by atoms with Crippen molar-refractivity contribution in [1.29, 1.82) is 0 Å². The average molecular weight is 307 g/mol. The van der Waals surface area contributed by atoms with E-state index in [2.05, 4.69) is 26.0 Å². The topological polar surface area (TPSA) is 9.23 Å². The highest BCUT2D eigenvalue weighted by Gasteiger charge is 2.30. The van der Waals surface area contributed by atoms with Gasteiger partial charge in [0.1, 0.15) is 0 Å². The van der Waals surface area contributed by atoms with E-state index in [-0.39, 0.29) is 0 Å². The van der Waals surface area contributed by atoms with Gasteiger partial charge in [0.15, 0.2) is 0 Å². The Hall–Kier alpha value is -0.300. The lowest BCUT2D eigenvalue weighted by molar-refractivity contribution is 0.0727. The van der Waals surface area contributed by atoms with Gasteiger partial charge in [-0.3, -0.25) is 0 Å². The minimum absolute atomic E-state index is 0.856. The van der Waals surface area contributed by atoms with Crippen molar-refractivity contribution in [1.82, 2.24) is 0 Å². The molecule has 0 aromatic carbocycles. The van der Waals surface area contributed by atoms with Gasteiger partial charge in [-0.05, 0) is 88.4 Å². The summed E-state index contributed by atoms with van der Waals surface area (Å²) >= 11 is 0. The summed E-state index contributed by atoms with van der Waals surface area (Å²) in [4.78, 5) is 0. The summed E-state index contributed by atoms with van der Waals surface area (Å²) in [6, 6.07) is 0. The van der Waals surface area contributed by atoms with Gasteiger partial charge in [-0.25, -0.2) is 0 Å². The zero-order valence-electron chi connectivity index (χ0n) is 15.1. The normalized spacial score (nSPS) is 33.4. The summed E-state index contributed by atoms with van der Waals surface area (Å²) in [5, 5.41) is 0. The second-order valence-corrected chi connectivity index (χ2v) is 7.69. The largest absolute Gasteiger partial charge is 0.381 e. The van der Waals surface area contributed by atoms with Crippen molar-refractivity contribution in [2.45, 2.75) is 84.5 Å². The summed E-state index contributed by atoms with van der Waals surface area (Å²) in [6.07, 6.45) is 20.6. The Morgan fingerprint density at radius 2 is 1.50 bits per heavy atom. The fourth-order valence-corrected chi connectivity index (χ4v) is 4.53. The first kappa shape index (κ1) is 18.0. The van der Waals surface area contributed by atoms with Gasteiger partial charge in [-0.15, -0.1) is 0 Å². The first-order valence-corrected chi connectivity index (χ1v) is 10.1. The summed E-state index contributed by atoms with van der Waals surface area (Å²) in [5.41, 5.74) is 0. The number of unbranched alkanes of at least 4 members (excludes halogenated alkanes) is 2. The highest BCUT2D eigenvalue weighted by molar-refractivity contribution is 4.92. The van der Waals surface area contributed by atoms with E-state index < -0.39 is 0 Å². The van der Waals surface area contributed by atoms with E-state index >= 15 is 0 Å². The molecule has 0 heterocycles. The van der Waals surface area contributed by atoms with Gasteiger partial charge in [0.25, 0.3) is 0 Å². The van der Waals surface area contributed by atoms with Gasteiger partial charge in [0.2, 0.25) is 0 Å². The molecule has 2 fully saturated rings. The first-order chi connectivity index (χ1) is 10.8. The third-order valence-corrected chi connectivity index (χ3v) is 6.06. The van der Waals surface area contributed by atoms with Crippen LogP contribution < -0.4 is 0 Å². The molecule has 0 unspecified atom stereocenters. The molecule has 0 radical (unpaired) electrons. The number of hydrogen-bond donors (Lipinski definition) is 0. The van der Waals surface area contributed by atoms with Crippen molar-refractivity contribution in [2.24, 2.45) is 23.7 Å². The number of allylic oxidation sites excluding steroid dienone is 2. The third kappa shape index (κ3) is 6.07. The van der Waals surface area contributed by atoms with Gasteiger partial charge in [-0.2, -0.15) is 0 Å². The minimum atomic E-state index is 0.856. The lowest BCUT2D eigenvalue weighted by Crippen LogP contribution is -2.26. The Kier molecular flexibility index (Phi) is 8.59. The van der Waals surface area contributed by atoms with E-state index in [0.717, 1.165) is 36.9 Å². The Balaban J connectivity index is 1.62. The molecule has 128 valence electrons. The van der Waals surface area contributed by atoms with Crippen LogP contribution in [0.1, 0.15) is 84.5 Å². The Labute approximate surface area is 138 Å². The molecule has 2 aliphatic rings. The van der Waals surface area contributed by atoms with Crippen LogP contribution in [0.5, 0.6) is 0 Å². The van der Waals surface area contributed by atoms with Crippen molar-refractivity contribution < 1.29 is 4.74 Å². The third-order valence-electron chi connectivity index (χ3n) is 6.06. The van der Waals surface area contributed by atoms with E-state index in [4.69, 9.17) is 4.74 Å². The van der Waals surface area contributed by atoms with Gasteiger partial charge in [0.05, 0.1) is 0 Å². The van der Waals surface area contributed by atoms with Crippen LogP contribution in [0, 0.1) is 23.7 Å². The molecule has 0 bridgehead atoms. The molecule has 0 spiro atoms. The van der Waals surface area contributed by atoms with Gasteiger partial charge >= 0.3 is 0 Å². The van der Waals surface area contributed by atoms with Crippen LogP contribution >= 0.6 is 0 Å². The molecule has 1 nitrogen and oxygen atoms in total. The van der Waals surface area contributed by atoms with Crippen LogP contribution in [0.15, 0.2) is 12.2 Å². The lowest BCUT2D eigenvalue weighted by atomic mass is 9.69. The predicted octanol–water partition coefficient (Wildman–Crippen LogP) is 6.38. The SMILES string of the molecule is CCCCC=C[C@H]1CC[C@H]([C@H]2CC[C@H](COCC)CC2)CC1. The smallest absolute Gasteiger partial charge is 0.0494 e. The van der Waals surface area contributed by atoms with Crippen molar-refractivity contribution in [2.75, 3.05) is 13.2 Å². The molecule has 0 amide bonds. The molecule has 2 saturated carbocycles. The molecule has 0 atom stereocenters. The molecule has 0 aromatic rings. The molecule has 0 aliphatic heterocycles. The highest BCUT2D eigenvalue weighted by Crippen LogP contribution is 2.41. The second-order valence-electron chi connectivity index (χ2n) is 7.69. The van der Waals surface area contributed by atoms with Crippen LogP contribution in [-0.4, -0.2) is 13.2 Å². The molecule has 1 heteroatoms. The molecule has 2 rings (SSSR count). The maximum Gasteiger partial charge on any atom is 0.0494 e. The summed E-state index contributed by atoms with van der Waals surface area (Å²) in [6.45, 7) is 6.29. The standard InChI is InChI=1S/C21H38O/c1-3-5-6-7-8-18-9-13-20(14-10-18)21-15-11-19(12-16-21)17-22-4-2/h7-8,18-21H,3-6,9-17H2,1-2H3/t18-,19-,20-,21-. The van der Waals surface area contributed by atoms with E-state index in [1.807, 2.05) is 0 Å². The molecule has 0 N–H and O–H groups in total. The fourth-order valence-electron chi connectivity index (χ4n) is 4.53. The van der Waals surface area contributed by atoms with Crippen LogP contribution in [0.4, 0.5) is 0 Å². The number of rotatable bonds is 8. The molecule has 0 aromatic heterocycles. The second kappa shape index (κ2) is 10.5. The van der Waals surface area contributed by atoms with E-state index in [1.54, 1.807) is 0 Å². The Morgan fingerprint density at radius 1 is 0.864 bits per heavy atom. The highest BCUT2D eigenvalue weighted by atomic mass is 16.5. The minimum Gasteiger partial charge on any atom is -0.381 e. The van der Waals surface area contributed by atoms with Gasteiger partial charge in [-0.1, -0.05) is 31.9 Å². The molecule has 0 saturated heterocycles. The maximum absolute atomic E-state index is 5.61. The quantitative estimate of drug-likeness (QED) is 0.373. The summed E-state index contributed by atoms with van der Waals surface area (Å²) in [7, 11) is 0. The van der Waals surface area contributed by atoms with Crippen LogP contribution in [0.2, 0.25) is 0 Å². The van der Waals surface area contributed by atoms with Crippen molar-refractivity contribution >= 4 is 0 Å². The lowest BCUT2D eigenvalue weighted by Gasteiger charge is -2.37. The van der Waals surface area contributed by atoms with Crippen molar-refractivity contribution in [3.8, 4) is 0 Å². The van der Waals surface area contributed by atoms with Crippen LogP contribution in [-0.2, 0) is 4.74 Å². The average Bonchev–Trinajstić information content (AvgIpc) is 2.58. The van der Waals surface area contributed by atoms with E-state index in [1.165, 1.54) is 70.6 Å². The van der Waals surface area contributed by atoms with Gasteiger partial charge in [0, 0.05) is 13.2 Å². The number of hydrogen-bond acceptors (Lipinski definition) is 1. The predicted molar refractivity (Wildman–Crippen MR) is 96.1 cm³/mol. The van der Waals surface area contributed by atoms with Crippen molar-refractivity contribution in [3.63, 3.8) is 0 Å². The van der Waals surface area contributed by atoms with E-state index in [0.29, 0.717) is 0 Å². The number of ether oxygens (including phenoxy) is 1. The first-order valence-electron chi connectivity index (χ1n) is 10.1. The zero-order chi connectivity index (χ0) is 15.6. The van der Waals surface area contributed by atoms with Crippen LogP contribution in [0.3, 0.4) is 0 Å². The molecular formula is C21H38O. The molecular weight excluding hydrogens is 268 g/mol. The van der Waals surface area contributed by atoms with Crippen molar-refractivity contribution in [3.05, 3.63) is 12.2 Å². The molecule has 22 heavy (non-hydrogen) atoms. The van der Waals surface area contributed by atoms with E-state index in [9.17, 15) is 0 Å². The monoisotopic (exact) mass is 306 g/mol. The Bertz CT molecular complexity index is 293. The summed E-state index contributed by atoms with van der Waals surface area (Å²) < 4.78 is 5.61. The summed E-state index contributed by atoms with van der Waals surface area (Å²) in [5.74, 6) is 3.81. The zero-order valence-corrected chi connectivity index (χ0v) is 15.1. The van der Waals surface area contributed by atoms with Gasteiger partial charge < -0.3 is 4.74 Å². The fraction of sp³-hybridized carbons (Fsp3) is 0.905. The maximum atomic E-state index is 5.61. The van der Waals surface area contributed by atoms with Crippen LogP contribution in [0.25, 0.3) is 0 Å². The molecule has 2 aliphatic carbocycles. The Morgan fingerprint density at radius 3 is 2.09 bits per heavy atom.